The van der Waals surface area contributed by atoms with Crippen molar-refractivity contribution in [1.29, 1.82) is 0 Å². The highest BCUT2D eigenvalue weighted by molar-refractivity contribution is 6.76. The second-order valence-electron chi connectivity index (χ2n) is 9.79. The Bertz CT molecular complexity index is 944. The highest BCUT2D eigenvalue weighted by Gasteiger charge is 2.30. The summed E-state index contributed by atoms with van der Waals surface area (Å²) in [7, 11) is 0.745. The quantitative estimate of drug-likeness (QED) is 0.454. The Balaban J connectivity index is 1.73. The number of carbonyl (C=O) groups excluding carboxylic acids is 1. The Labute approximate surface area is 190 Å². The number of aryl methyl sites for hydroxylation is 1. The number of hydrogen-bond acceptors (Lipinski definition) is 5. The number of alkyl halides is 1. The minimum Gasteiger partial charge on any atom is -0.486 e. The number of aromatic nitrogens is 2. The Morgan fingerprint density at radius 3 is 2.75 bits per heavy atom. The SMILES string of the molecule is Cc1nc(-c2ccc(O[C@@H]3CCN(C)C[C@@H]3F)c(C(N)=O)c2)cn1COCC[Si](C)(C)C. The zero-order valence-electron chi connectivity index (χ0n) is 19.7. The standard InChI is InChI=1S/C23H35FN4O3Si/c1-16-26-20(14-28(16)15-30-10-11-32(3,4)5)17-6-7-21(18(12-17)23(25)29)31-22-8-9-27(2)13-19(22)24/h6-7,12,14,19,22H,8-11,13,15H2,1-5H3,(H2,25,29)/t19-,22+/m0/s1. The lowest BCUT2D eigenvalue weighted by atomic mass is 10.0. The molecule has 9 heteroatoms. The van der Waals surface area contributed by atoms with Crippen molar-refractivity contribution < 1.29 is 18.7 Å². The molecule has 0 radical (unpaired) electrons. The van der Waals surface area contributed by atoms with Crippen molar-refractivity contribution in [1.82, 2.24) is 14.5 Å². The van der Waals surface area contributed by atoms with E-state index in [1.165, 1.54) is 0 Å². The van der Waals surface area contributed by atoms with Crippen LogP contribution in [0.1, 0.15) is 22.6 Å². The van der Waals surface area contributed by atoms with Crippen molar-refractivity contribution in [2.75, 3.05) is 26.7 Å². The van der Waals surface area contributed by atoms with Crippen LogP contribution in [0.25, 0.3) is 11.3 Å². The molecule has 1 amide bonds. The lowest BCUT2D eigenvalue weighted by Crippen LogP contribution is -2.45. The predicted octanol–water partition coefficient (Wildman–Crippen LogP) is 3.69. The van der Waals surface area contributed by atoms with E-state index in [9.17, 15) is 9.18 Å². The molecule has 176 valence electrons. The molecule has 1 aliphatic heterocycles. The monoisotopic (exact) mass is 462 g/mol. The zero-order chi connectivity index (χ0) is 23.5. The lowest BCUT2D eigenvalue weighted by Gasteiger charge is -2.32. The van der Waals surface area contributed by atoms with E-state index in [4.69, 9.17) is 15.2 Å². The molecule has 1 saturated heterocycles. The smallest absolute Gasteiger partial charge is 0.252 e. The van der Waals surface area contributed by atoms with Gasteiger partial charge in [-0.1, -0.05) is 19.6 Å². The van der Waals surface area contributed by atoms with Crippen molar-refractivity contribution >= 4 is 14.0 Å². The van der Waals surface area contributed by atoms with E-state index in [0.717, 1.165) is 30.6 Å². The van der Waals surface area contributed by atoms with Crippen molar-refractivity contribution in [3.8, 4) is 17.0 Å². The number of nitrogens with two attached hydrogens (primary N) is 1. The fourth-order valence-corrected chi connectivity index (χ4v) is 4.39. The maximum atomic E-state index is 14.4. The van der Waals surface area contributed by atoms with Crippen LogP contribution in [0.15, 0.2) is 24.4 Å². The largest absolute Gasteiger partial charge is 0.486 e. The molecular weight excluding hydrogens is 427 g/mol. The van der Waals surface area contributed by atoms with Crippen LogP contribution in [0, 0.1) is 6.92 Å². The number of ether oxygens (including phenoxy) is 2. The van der Waals surface area contributed by atoms with E-state index in [1.807, 2.05) is 35.7 Å². The van der Waals surface area contributed by atoms with Crippen molar-refractivity contribution in [2.24, 2.45) is 5.73 Å². The van der Waals surface area contributed by atoms with Crippen molar-refractivity contribution in [3.05, 3.63) is 35.8 Å². The van der Waals surface area contributed by atoms with Gasteiger partial charge in [-0.15, -0.1) is 0 Å². The molecule has 2 heterocycles. The van der Waals surface area contributed by atoms with E-state index in [-0.39, 0.29) is 5.56 Å². The average Bonchev–Trinajstić information content (AvgIpc) is 3.07. The summed E-state index contributed by atoms with van der Waals surface area (Å²) < 4.78 is 28.1. The first-order valence-corrected chi connectivity index (χ1v) is 14.8. The van der Waals surface area contributed by atoms with Gasteiger partial charge in [-0.2, -0.15) is 0 Å². The Kier molecular flexibility index (Phi) is 7.74. The van der Waals surface area contributed by atoms with E-state index < -0.39 is 26.3 Å². The number of hydrogen-bond donors (Lipinski definition) is 1. The third kappa shape index (κ3) is 6.40. The molecule has 2 N–H and O–H groups in total. The summed E-state index contributed by atoms with van der Waals surface area (Å²) in [5.74, 6) is 0.515. The van der Waals surface area contributed by atoms with E-state index >= 15 is 0 Å². The molecule has 32 heavy (non-hydrogen) atoms. The van der Waals surface area contributed by atoms with Gasteiger partial charge in [0.05, 0.1) is 11.3 Å². The minimum absolute atomic E-state index is 0.229. The molecule has 1 aromatic heterocycles. The summed E-state index contributed by atoms with van der Waals surface area (Å²) in [4.78, 5) is 18.6. The third-order valence-electron chi connectivity index (χ3n) is 5.71. The highest BCUT2D eigenvalue weighted by Crippen LogP contribution is 2.29. The van der Waals surface area contributed by atoms with Gasteiger partial charge in [0.15, 0.2) is 0 Å². The molecule has 3 rings (SSSR count). The second kappa shape index (κ2) is 10.1. The maximum Gasteiger partial charge on any atom is 0.252 e. The van der Waals surface area contributed by atoms with Crippen LogP contribution in [0.5, 0.6) is 5.75 Å². The fourth-order valence-electron chi connectivity index (χ4n) is 3.64. The van der Waals surface area contributed by atoms with Gasteiger partial charge in [0.25, 0.3) is 5.91 Å². The number of amides is 1. The summed E-state index contributed by atoms with van der Waals surface area (Å²) in [5, 5.41) is 0. The van der Waals surface area contributed by atoms with Crippen LogP contribution < -0.4 is 10.5 Å². The Hall–Kier alpha value is -2.23. The van der Waals surface area contributed by atoms with Gasteiger partial charge < -0.3 is 24.7 Å². The molecule has 0 bridgehead atoms. The summed E-state index contributed by atoms with van der Waals surface area (Å²) >= 11 is 0. The molecule has 1 aliphatic rings. The fraction of sp³-hybridized carbons (Fsp3) is 0.565. The summed E-state index contributed by atoms with van der Waals surface area (Å²) in [6.45, 7) is 11.1. The lowest BCUT2D eigenvalue weighted by molar-refractivity contribution is 0.0308. The van der Waals surface area contributed by atoms with Gasteiger partial charge in [0.1, 0.15) is 30.6 Å². The molecule has 0 aliphatic carbocycles. The Morgan fingerprint density at radius 2 is 2.09 bits per heavy atom. The number of nitrogens with zero attached hydrogens (tertiary/aromatic N) is 3. The second-order valence-corrected chi connectivity index (χ2v) is 15.4. The van der Waals surface area contributed by atoms with Crippen molar-refractivity contribution in [2.45, 2.75) is 58.0 Å². The number of imidazole rings is 1. The first-order valence-electron chi connectivity index (χ1n) is 11.1. The van der Waals surface area contributed by atoms with Gasteiger partial charge in [-0.3, -0.25) is 4.79 Å². The van der Waals surface area contributed by atoms with Gasteiger partial charge in [-0.05, 0) is 44.6 Å². The highest BCUT2D eigenvalue weighted by atomic mass is 28.3. The topological polar surface area (TPSA) is 82.6 Å². The predicted molar refractivity (Wildman–Crippen MR) is 126 cm³/mol. The van der Waals surface area contributed by atoms with Gasteiger partial charge >= 0.3 is 0 Å². The van der Waals surface area contributed by atoms with E-state index in [0.29, 0.717) is 31.1 Å². The number of halogens is 1. The number of carbonyl (C=O) groups is 1. The number of benzene rings is 1. The summed E-state index contributed by atoms with van der Waals surface area (Å²) in [6, 6.07) is 6.27. The van der Waals surface area contributed by atoms with Crippen LogP contribution in [0.2, 0.25) is 25.7 Å². The molecule has 0 spiro atoms. The number of piperidine rings is 1. The van der Waals surface area contributed by atoms with E-state index in [2.05, 4.69) is 24.6 Å². The number of primary amides is 1. The zero-order valence-corrected chi connectivity index (χ0v) is 20.7. The molecule has 0 saturated carbocycles. The first-order chi connectivity index (χ1) is 15.0. The molecular formula is C23H35FN4O3Si. The number of likely N-dealkylation sites (tertiary alicyclic amines) is 1. The third-order valence-corrected chi connectivity index (χ3v) is 7.41. The molecule has 1 fully saturated rings. The van der Waals surface area contributed by atoms with Gasteiger partial charge in [0, 0.05) is 39.5 Å². The van der Waals surface area contributed by atoms with Crippen LogP contribution in [-0.4, -0.2) is 67.5 Å². The number of rotatable bonds is 9. The summed E-state index contributed by atoms with van der Waals surface area (Å²) in [5.41, 5.74) is 7.30. The van der Waals surface area contributed by atoms with Crippen LogP contribution in [-0.2, 0) is 11.5 Å². The first kappa shape index (κ1) is 24.4. The Morgan fingerprint density at radius 1 is 1.34 bits per heavy atom. The van der Waals surface area contributed by atoms with Crippen LogP contribution in [0.4, 0.5) is 4.39 Å². The van der Waals surface area contributed by atoms with Crippen LogP contribution in [0.3, 0.4) is 0 Å². The molecule has 2 aromatic rings. The molecule has 1 aromatic carbocycles. The van der Waals surface area contributed by atoms with Gasteiger partial charge in [-0.25, -0.2) is 9.37 Å². The average molecular weight is 463 g/mol. The van der Waals surface area contributed by atoms with Crippen molar-refractivity contribution in [3.63, 3.8) is 0 Å². The normalized spacial score (nSPS) is 19.8. The minimum atomic E-state index is -1.13. The van der Waals surface area contributed by atoms with Gasteiger partial charge in [0.2, 0.25) is 0 Å². The van der Waals surface area contributed by atoms with E-state index in [1.54, 1.807) is 12.1 Å². The van der Waals surface area contributed by atoms with Crippen LogP contribution >= 0.6 is 0 Å². The molecule has 2 atom stereocenters. The molecule has 0 unspecified atom stereocenters. The maximum absolute atomic E-state index is 14.4. The summed E-state index contributed by atoms with van der Waals surface area (Å²) in [6.07, 6.45) is 0.746. The molecule has 7 nitrogen and oxygen atoms in total.